The third-order valence-electron chi connectivity index (χ3n) is 3.79. The van der Waals surface area contributed by atoms with Crippen LogP contribution in [-0.4, -0.2) is 6.54 Å². The van der Waals surface area contributed by atoms with Gasteiger partial charge in [-0.1, -0.05) is 42.8 Å². The summed E-state index contributed by atoms with van der Waals surface area (Å²) in [6, 6.07) is 15.2. The van der Waals surface area contributed by atoms with Gasteiger partial charge < -0.3 is 10.1 Å². The Kier molecular flexibility index (Phi) is 5.40. The fourth-order valence-corrected chi connectivity index (χ4v) is 2.39. The zero-order valence-corrected chi connectivity index (χ0v) is 13.4. The maximum Gasteiger partial charge on any atom is 0.119 e. The van der Waals surface area contributed by atoms with Crippen LogP contribution in [0.3, 0.4) is 0 Å². The number of hydrogen-bond acceptors (Lipinski definition) is 2. The van der Waals surface area contributed by atoms with Crippen molar-refractivity contribution in [3.8, 4) is 5.75 Å². The van der Waals surface area contributed by atoms with Gasteiger partial charge in [0.05, 0.1) is 0 Å². The summed E-state index contributed by atoms with van der Waals surface area (Å²) in [6.45, 7) is 10.1. The van der Waals surface area contributed by atoms with E-state index in [0.29, 0.717) is 12.6 Å². The van der Waals surface area contributed by atoms with Crippen molar-refractivity contribution < 1.29 is 4.74 Å². The van der Waals surface area contributed by atoms with Gasteiger partial charge >= 0.3 is 0 Å². The monoisotopic (exact) mass is 283 g/mol. The zero-order valence-electron chi connectivity index (χ0n) is 13.4. The van der Waals surface area contributed by atoms with Crippen molar-refractivity contribution in [1.82, 2.24) is 5.32 Å². The van der Waals surface area contributed by atoms with Crippen LogP contribution in [0.1, 0.15) is 42.1 Å². The number of benzene rings is 2. The number of rotatable bonds is 6. The summed E-state index contributed by atoms with van der Waals surface area (Å²) >= 11 is 0. The molecule has 0 radical (unpaired) electrons. The zero-order chi connectivity index (χ0) is 15.2. The van der Waals surface area contributed by atoms with Gasteiger partial charge in [-0.05, 0) is 56.1 Å². The summed E-state index contributed by atoms with van der Waals surface area (Å²) in [5, 5.41) is 3.41. The SMILES string of the molecule is CCNC(C)c1ccc(OCc2cc(C)ccc2C)cc1. The lowest BCUT2D eigenvalue weighted by Crippen LogP contribution is -2.17. The number of ether oxygens (including phenoxy) is 1. The van der Waals surface area contributed by atoms with Gasteiger partial charge in [0.15, 0.2) is 0 Å². The first-order chi connectivity index (χ1) is 10.1. The Bertz CT molecular complexity index is 575. The van der Waals surface area contributed by atoms with Gasteiger partial charge in [-0.15, -0.1) is 0 Å². The van der Waals surface area contributed by atoms with Crippen LogP contribution >= 0.6 is 0 Å². The maximum atomic E-state index is 5.90. The van der Waals surface area contributed by atoms with E-state index in [0.717, 1.165) is 12.3 Å². The Hall–Kier alpha value is -1.80. The predicted molar refractivity (Wildman–Crippen MR) is 88.8 cm³/mol. The summed E-state index contributed by atoms with van der Waals surface area (Å²) in [6.07, 6.45) is 0. The summed E-state index contributed by atoms with van der Waals surface area (Å²) in [4.78, 5) is 0. The standard InChI is InChI=1S/C19H25NO/c1-5-20-16(4)17-8-10-19(11-9-17)21-13-18-12-14(2)6-7-15(18)3/h6-12,16,20H,5,13H2,1-4H3. The molecule has 2 aromatic rings. The highest BCUT2D eigenvalue weighted by Gasteiger charge is 2.04. The Labute approximate surface area is 128 Å². The molecule has 1 N–H and O–H groups in total. The van der Waals surface area contributed by atoms with E-state index in [9.17, 15) is 0 Å². The summed E-state index contributed by atoms with van der Waals surface area (Å²) < 4.78 is 5.90. The van der Waals surface area contributed by atoms with Crippen molar-refractivity contribution in [3.05, 3.63) is 64.7 Å². The molecule has 0 spiro atoms. The highest BCUT2D eigenvalue weighted by atomic mass is 16.5. The van der Waals surface area contributed by atoms with Crippen molar-refractivity contribution in [1.29, 1.82) is 0 Å². The largest absolute Gasteiger partial charge is 0.489 e. The topological polar surface area (TPSA) is 21.3 Å². The quantitative estimate of drug-likeness (QED) is 0.839. The molecule has 0 fully saturated rings. The second-order valence-corrected chi connectivity index (χ2v) is 5.57. The Morgan fingerprint density at radius 3 is 2.43 bits per heavy atom. The molecular weight excluding hydrogens is 258 g/mol. The molecular formula is C19H25NO. The predicted octanol–water partition coefficient (Wildman–Crippen LogP) is 4.55. The van der Waals surface area contributed by atoms with Gasteiger partial charge in [-0.25, -0.2) is 0 Å². The molecule has 0 aliphatic heterocycles. The van der Waals surface area contributed by atoms with E-state index in [-0.39, 0.29) is 0 Å². The van der Waals surface area contributed by atoms with E-state index >= 15 is 0 Å². The molecule has 2 rings (SSSR count). The minimum atomic E-state index is 0.378. The van der Waals surface area contributed by atoms with Crippen LogP contribution in [0.15, 0.2) is 42.5 Å². The Morgan fingerprint density at radius 1 is 1.05 bits per heavy atom. The lowest BCUT2D eigenvalue weighted by atomic mass is 10.1. The Balaban J connectivity index is 1.99. The van der Waals surface area contributed by atoms with E-state index in [1.165, 1.54) is 22.3 Å². The minimum Gasteiger partial charge on any atom is -0.489 e. The summed E-state index contributed by atoms with van der Waals surface area (Å²) in [7, 11) is 0. The van der Waals surface area contributed by atoms with Crippen LogP contribution in [0.2, 0.25) is 0 Å². The van der Waals surface area contributed by atoms with Crippen molar-refractivity contribution in [2.75, 3.05) is 6.54 Å². The van der Waals surface area contributed by atoms with E-state index < -0.39 is 0 Å². The van der Waals surface area contributed by atoms with Crippen LogP contribution in [-0.2, 0) is 6.61 Å². The number of aryl methyl sites for hydroxylation is 2. The molecule has 2 aromatic carbocycles. The minimum absolute atomic E-state index is 0.378. The maximum absolute atomic E-state index is 5.90. The third kappa shape index (κ3) is 4.33. The second kappa shape index (κ2) is 7.28. The fraction of sp³-hybridized carbons (Fsp3) is 0.368. The summed E-state index contributed by atoms with van der Waals surface area (Å²) in [5.74, 6) is 0.920. The van der Waals surface area contributed by atoms with Crippen molar-refractivity contribution >= 4 is 0 Å². The average Bonchev–Trinajstić information content (AvgIpc) is 2.49. The third-order valence-corrected chi connectivity index (χ3v) is 3.79. The molecule has 0 bridgehead atoms. The molecule has 112 valence electrons. The molecule has 2 nitrogen and oxygen atoms in total. The molecule has 0 saturated heterocycles. The molecule has 0 aliphatic carbocycles. The van der Waals surface area contributed by atoms with E-state index in [1.54, 1.807) is 0 Å². The van der Waals surface area contributed by atoms with Crippen LogP contribution in [0.5, 0.6) is 5.75 Å². The van der Waals surface area contributed by atoms with Crippen LogP contribution in [0.25, 0.3) is 0 Å². The van der Waals surface area contributed by atoms with Crippen molar-refractivity contribution in [2.24, 2.45) is 0 Å². The van der Waals surface area contributed by atoms with Crippen LogP contribution in [0.4, 0.5) is 0 Å². The first-order valence-corrected chi connectivity index (χ1v) is 7.62. The molecule has 0 aromatic heterocycles. The first-order valence-electron chi connectivity index (χ1n) is 7.62. The van der Waals surface area contributed by atoms with Gasteiger partial charge in [0, 0.05) is 6.04 Å². The van der Waals surface area contributed by atoms with Crippen molar-refractivity contribution in [3.63, 3.8) is 0 Å². The van der Waals surface area contributed by atoms with Gasteiger partial charge in [-0.3, -0.25) is 0 Å². The molecule has 0 saturated carbocycles. The van der Waals surface area contributed by atoms with Gasteiger partial charge in [0.25, 0.3) is 0 Å². The fourth-order valence-electron chi connectivity index (χ4n) is 2.39. The average molecular weight is 283 g/mol. The molecule has 0 aliphatic rings. The summed E-state index contributed by atoms with van der Waals surface area (Å²) in [5.41, 5.74) is 5.09. The molecule has 0 heterocycles. The van der Waals surface area contributed by atoms with E-state index in [2.05, 4.69) is 63.3 Å². The molecule has 1 atom stereocenters. The molecule has 21 heavy (non-hydrogen) atoms. The molecule has 0 amide bonds. The molecule has 1 unspecified atom stereocenters. The normalized spacial score (nSPS) is 12.2. The first kappa shape index (κ1) is 15.6. The van der Waals surface area contributed by atoms with Gasteiger partial charge in [0.2, 0.25) is 0 Å². The second-order valence-electron chi connectivity index (χ2n) is 5.57. The Morgan fingerprint density at radius 2 is 1.76 bits per heavy atom. The smallest absolute Gasteiger partial charge is 0.119 e. The van der Waals surface area contributed by atoms with Crippen LogP contribution < -0.4 is 10.1 Å². The van der Waals surface area contributed by atoms with Crippen LogP contribution in [0, 0.1) is 13.8 Å². The van der Waals surface area contributed by atoms with E-state index in [4.69, 9.17) is 4.74 Å². The van der Waals surface area contributed by atoms with Crippen molar-refractivity contribution in [2.45, 2.75) is 40.3 Å². The lowest BCUT2D eigenvalue weighted by molar-refractivity contribution is 0.305. The highest BCUT2D eigenvalue weighted by molar-refractivity contribution is 5.32. The number of nitrogens with one attached hydrogen (secondary N) is 1. The van der Waals surface area contributed by atoms with E-state index in [1.807, 2.05) is 12.1 Å². The van der Waals surface area contributed by atoms with Gasteiger partial charge in [0.1, 0.15) is 12.4 Å². The molecule has 2 heteroatoms. The number of hydrogen-bond donors (Lipinski definition) is 1. The highest BCUT2D eigenvalue weighted by Crippen LogP contribution is 2.19. The van der Waals surface area contributed by atoms with Gasteiger partial charge in [-0.2, -0.15) is 0 Å². The lowest BCUT2D eigenvalue weighted by Gasteiger charge is -2.14.